The molecule has 0 aliphatic carbocycles. The van der Waals surface area contributed by atoms with Crippen molar-refractivity contribution in [1.29, 1.82) is 0 Å². The van der Waals surface area contributed by atoms with E-state index in [-0.39, 0.29) is 6.04 Å². The number of nitrogens with one attached hydrogen (secondary N) is 1. The predicted molar refractivity (Wildman–Crippen MR) is 50.7 cm³/mol. The van der Waals surface area contributed by atoms with Crippen LogP contribution in [0.5, 0.6) is 0 Å². The molecule has 1 heterocycles. The smallest absolute Gasteiger partial charge is 0.413 e. The van der Waals surface area contributed by atoms with E-state index in [9.17, 15) is 4.79 Å². The van der Waals surface area contributed by atoms with Gasteiger partial charge in [-0.2, -0.15) is 0 Å². The summed E-state index contributed by atoms with van der Waals surface area (Å²) in [5.74, 6) is 0. The molecule has 72 valence electrons. The zero-order valence-electron chi connectivity index (χ0n) is 7.40. The third kappa shape index (κ3) is 2.67. The van der Waals surface area contributed by atoms with E-state index < -0.39 is 6.09 Å². The molecule has 3 N–H and O–H groups in total. The highest BCUT2D eigenvalue weighted by atomic mass is 32.1. The van der Waals surface area contributed by atoms with Gasteiger partial charge in [-0.15, -0.1) is 11.3 Å². The number of aromatic nitrogens is 1. The van der Waals surface area contributed by atoms with Crippen molar-refractivity contribution in [3.05, 3.63) is 11.1 Å². The number of methoxy groups -OCH3 is 1. The van der Waals surface area contributed by atoms with E-state index in [1.165, 1.54) is 18.4 Å². The maximum absolute atomic E-state index is 10.8. The average Bonchev–Trinajstić information content (AvgIpc) is 2.52. The number of nitrogens with zero attached hydrogens (tertiary/aromatic N) is 1. The van der Waals surface area contributed by atoms with Crippen LogP contribution in [0.25, 0.3) is 0 Å². The summed E-state index contributed by atoms with van der Waals surface area (Å²) in [5.41, 5.74) is 6.35. The first-order valence-corrected chi connectivity index (χ1v) is 4.57. The van der Waals surface area contributed by atoms with Crippen LogP contribution in [0, 0.1) is 0 Å². The van der Waals surface area contributed by atoms with Crippen molar-refractivity contribution < 1.29 is 9.53 Å². The molecule has 0 spiro atoms. The quantitative estimate of drug-likeness (QED) is 0.757. The summed E-state index contributed by atoms with van der Waals surface area (Å²) in [6.07, 6.45) is -0.523. The Morgan fingerprint density at radius 1 is 1.85 bits per heavy atom. The fourth-order valence-electron chi connectivity index (χ4n) is 0.691. The number of hydrogen-bond donors (Lipinski definition) is 2. The van der Waals surface area contributed by atoms with E-state index in [4.69, 9.17) is 5.73 Å². The minimum Gasteiger partial charge on any atom is -0.453 e. The maximum Gasteiger partial charge on any atom is 0.413 e. The van der Waals surface area contributed by atoms with E-state index in [1.807, 2.05) is 6.92 Å². The lowest BCUT2D eigenvalue weighted by Crippen LogP contribution is -2.11. The van der Waals surface area contributed by atoms with Crippen LogP contribution in [0.2, 0.25) is 0 Å². The largest absolute Gasteiger partial charge is 0.453 e. The number of thiazole rings is 1. The van der Waals surface area contributed by atoms with Crippen molar-refractivity contribution in [1.82, 2.24) is 4.98 Å². The Hall–Kier alpha value is -1.14. The topological polar surface area (TPSA) is 77.2 Å². The van der Waals surface area contributed by atoms with Gasteiger partial charge in [0.05, 0.1) is 12.8 Å². The summed E-state index contributed by atoms with van der Waals surface area (Å²) < 4.78 is 4.41. The molecule has 0 fully saturated rings. The van der Waals surface area contributed by atoms with Crippen LogP contribution >= 0.6 is 11.3 Å². The fraction of sp³-hybridized carbons (Fsp3) is 0.429. The van der Waals surface area contributed by atoms with Crippen molar-refractivity contribution in [2.45, 2.75) is 13.0 Å². The molecule has 1 amide bonds. The van der Waals surface area contributed by atoms with Crippen LogP contribution in [0.4, 0.5) is 9.93 Å². The van der Waals surface area contributed by atoms with Crippen LogP contribution < -0.4 is 11.1 Å². The van der Waals surface area contributed by atoms with E-state index in [0.29, 0.717) is 5.13 Å². The van der Waals surface area contributed by atoms with Gasteiger partial charge in [0.15, 0.2) is 5.13 Å². The molecule has 0 bridgehead atoms. The van der Waals surface area contributed by atoms with Gasteiger partial charge in [-0.25, -0.2) is 9.78 Å². The molecule has 1 aromatic rings. The third-order valence-corrected chi connectivity index (χ3v) is 2.16. The summed E-state index contributed by atoms with van der Waals surface area (Å²) in [6, 6.07) is -0.121. The molecule has 6 heteroatoms. The van der Waals surface area contributed by atoms with Gasteiger partial charge in [0.25, 0.3) is 0 Å². The fourth-order valence-corrected chi connectivity index (χ4v) is 1.49. The van der Waals surface area contributed by atoms with Crippen molar-refractivity contribution in [3.8, 4) is 0 Å². The van der Waals surface area contributed by atoms with E-state index in [2.05, 4.69) is 15.0 Å². The number of amides is 1. The Bertz CT molecular complexity index is 298. The molecule has 5 nitrogen and oxygen atoms in total. The summed E-state index contributed by atoms with van der Waals surface area (Å²) in [4.78, 5) is 14.8. The van der Waals surface area contributed by atoms with Crippen LogP contribution in [-0.2, 0) is 4.74 Å². The van der Waals surface area contributed by atoms with Crippen LogP contribution in [0.15, 0.2) is 5.38 Å². The van der Waals surface area contributed by atoms with Crippen LogP contribution in [0.3, 0.4) is 0 Å². The predicted octanol–water partition coefficient (Wildman–Crippen LogP) is 1.34. The van der Waals surface area contributed by atoms with Crippen molar-refractivity contribution >= 4 is 22.6 Å². The lowest BCUT2D eigenvalue weighted by Gasteiger charge is -1.99. The number of nitrogens with two attached hydrogens (primary N) is 1. The number of carbonyl (C=O) groups excluding carboxylic acids is 1. The normalized spacial score (nSPS) is 12.2. The van der Waals surface area contributed by atoms with Crippen molar-refractivity contribution in [3.63, 3.8) is 0 Å². The second-order valence-electron chi connectivity index (χ2n) is 2.48. The Kier molecular flexibility index (Phi) is 3.21. The molecule has 0 saturated heterocycles. The minimum atomic E-state index is -0.523. The first kappa shape index (κ1) is 9.94. The Balaban J connectivity index is 2.64. The monoisotopic (exact) mass is 201 g/mol. The number of ether oxygens (including phenoxy) is 1. The number of anilines is 1. The number of hydrogen-bond acceptors (Lipinski definition) is 5. The third-order valence-electron chi connectivity index (χ3n) is 1.38. The van der Waals surface area contributed by atoms with Crippen molar-refractivity contribution in [2.75, 3.05) is 12.4 Å². The highest BCUT2D eigenvalue weighted by molar-refractivity contribution is 7.13. The molecule has 0 saturated carbocycles. The minimum absolute atomic E-state index is 0.121. The second kappa shape index (κ2) is 4.20. The first-order chi connectivity index (χ1) is 6.13. The highest BCUT2D eigenvalue weighted by Crippen LogP contribution is 2.18. The molecule has 0 radical (unpaired) electrons. The van der Waals surface area contributed by atoms with Gasteiger partial charge in [-0.05, 0) is 6.92 Å². The second-order valence-corrected chi connectivity index (χ2v) is 3.34. The molecule has 1 aromatic heterocycles. The van der Waals surface area contributed by atoms with Gasteiger partial charge in [0.2, 0.25) is 0 Å². The van der Waals surface area contributed by atoms with Crippen LogP contribution in [-0.4, -0.2) is 18.2 Å². The van der Waals surface area contributed by atoms with Gasteiger partial charge in [0, 0.05) is 11.4 Å². The Morgan fingerprint density at radius 3 is 3.00 bits per heavy atom. The summed E-state index contributed by atoms with van der Waals surface area (Å²) in [5, 5.41) is 4.76. The van der Waals surface area contributed by atoms with Gasteiger partial charge in [-0.3, -0.25) is 5.32 Å². The molecule has 13 heavy (non-hydrogen) atoms. The molecular weight excluding hydrogens is 190 g/mol. The molecule has 0 aliphatic rings. The Labute approximate surface area is 79.9 Å². The van der Waals surface area contributed by atoms with Gasteiger partial charge >= 0.3 is 6.09 Å². The molecule has 1 unspecified atom stereocenters. The lowest BCUT2D eigenvalue weighted by molar-refractivity contribution is 0.187. The maximum atomic E-state index is 10.8. The average molecular weight is 201 g/mol. The van der Waals surface area contributed by atoms with E-state index >= 15 is 0 Å². The van der Waals surface area contributed by atoms with Gasteiger partial charge < -0.3 is 10.5 Å². The van der Waals surface area contributed by atoms with Crippen LogP contribution in [0.1, 0.15) is 18.7 Å². The molecular formula is C7H11N3O2S. The summed E-state index contributed by atoms with van der Waals surface area (Å²) >= 11 is 1.32. The molecule has 0 aromatic carbocycles. The number of carbonyl (C=O) groups is 1. The van der Waals surface area contributed by atoms with Gasteiger partial charge in [0.1, 0.15) is 0 Å². The molecule has 1 atom stereocenters. The zero-order chi connectivity index (χ0) is 9.84. The Morgan fingerprint density at radius 2 is 2.54 bits per heavy atom. The van der Waals surface area contributed by atoms with E-state index in [0.717, 1.165) is 5.69 Å². The van der Waals surface area contributed by atoms with Crippen molar-refractivity contribution in [2.24, 2.45) is 5.73 Å². The summed E-state index contributed by atoms with van der Waals surface area (Å²) in [6.45, 7) is 1.83. The highest BCUT2D eigenvalue weighted by Gasteiger charge is 2.07. The van der Waals surface area contributed by atoms with E-state index in [1.54, 1.807) is 5.38 Å². The SMILES string of the molecule is COC(=O)Nc1nc(C(C)N)cs1. The molecule has 1 rings (SSSR count). The summed E-state index contributed by atoms with van der Waals surface area (Å²) in [7, 11) is 1.30. The first-order valence-electron chi connectivity index (χ1n) is 3.69. The van der Waals surface area contributed by atoms with Gasteiger partial charge in [-0.1, -0.05) is 0 Å². The molecule has 0 aliphatic heterocycles. The number of rotatable bonds is 2. The zero-order valence-corrected chi connectivity index (χ0v) is 8.22. The standard InChI is InChI=1S/C7H11N3O2S/c1-4(8)5-3-13-6(9-5)10-7(11)12-2/h3-4H,8H2,1-2H3,(H,9,10,11). The lowest BCUT2D eigenvalue weighted by atomic mass is 10.3.